The number of alkyl halides is 9. The number of hydrogen-bond donors (Lipinski definition) is 2. The molecule has 0 saturated heterocycles. The smallest absolute Gasteiger partial charge is 0.423 e. The molecule has 4 N–H and O–H groups in total. The number of anilines is 2. The summed E-state index contributed by atoms with van der Waals surface area (Å²) in [5, 5.41) is 0. The van der Waals surface area contributed by atoms with E-state index in [4.69, 9.17) is 11.5 Å². The molecule has 4 nitrogen and oxygen atoms in total. The zero-order valence-corrected chi connectivity index (χ0v) is 18.1. The fourth-order valence-electron chi connectivity index (χ4n) is 3.06. The van der Waals surface area contributed by atoms with Crippen LogP contribution < -0.4 is 20.9 Å². The Morgan fingerprint density at radius 2 is 0.872 bits per heavy atom. The molecule has 0 spiro atoms. The van der Waals surface area contributed by atoms with E-state index < -0.39 is 98.7 Å². The number of hydrogen-bond acceptors (Lipinski definition) is 4. The highest BCUT2D eigenvalue weighted by Crippen LogP contribution is 2.48. The number of benzene rings is 3. The third-order valence-corrected chi connectivity index (χ3v) is 4.76. The second-order valence-corrected chi connectivity index (χ2v) is 7.41. The van der Waals surface area contributed by atoms with Crippen LogP contribution in [0.15, 0.2) is 24.3 Å². The van der Waals surface area contributed by atoms with Gasteiger partial charge in [-0.15, -0.1) is 0 Å². The van der Waals surface area contributed by atoms with Gasteiger partial charge in [0.1, 0.15) is 5.56 Å². The van der Waals surface area contributed by atoms with Crippen molar-refractivity contribution >= 4 is 11.4 Å². The van der Waals surface area contributed by atoms with E-state index in [0.29, 0.717) is 0 Å². The molecule has 3 rings (SSSR count). The Hall–Kier alpha value is -4.12. The molecule has 0 aliphatic heterocycles. The Balaban J connectivity index is 2.23. The van der Waals surface area contributed by atoms with Crippen molar-refractivity contribution < 1.29 is 70.9 Å². The second-order valence-electron chi connectivity index (χ2n) is 7.41. The first-order valence-corrected chi connectivity index (χ1v) is 9.60. The van der Waals surface area contributed by atoms with Crippen LogP contribution >= 0.6 is 0 Å². The number of nitrogens with two attached hydrogens (primary N) is 2. The van der Waals surface area contributed by atoms with E-state index in [9.17, 15) is 57.1 Å². The van der Waals surface area contributed by atoms with Crippen molar-refractivity contribution in [3.05, 3.63) is 70.0 Å². The zero-order chi connectivity index (χ0) is 29.8. The maximum Gasteiger partial charge on any atom is 0.423 e. The molecule has 18 heteroatoms. The van der Waals surface area contributed by atoms with Crippen LogP contribution in [0.4, 0.5) is 72.8 Å². The summed E-state index contributed by atoms with van der Waals surface area (Å²) in [6, 6.07) is -0.689. The van der Waals surface area contributed by atoms with Crippen LogP contribution in [0.5, 0.6) is 23.0 Å². The van der Waals surface area contributed by atoms with Crippen molar-refractivity contribution in [3.8, 4) is 23.0 Å². The van der Waals surface area contributed by atoms with Crippen LogP contribution in [-0.2, 0) is 18.5 Å². The van der Waals surface area contributed by atoms with E-state index in [1.54, 1.807) is 0 Å². The lowest BCUT2D eigenvalue weighted by Crippen LogP contribution is -2.15. The standard InChI is InChI=1S/C21H8F14N2O2/c22-7-1-5(19(27,28)29)9(36)3-11(7)38-17-13(21(33,34)35)14(24)15(25)18(16(17)26)39-12-4-10(37)6(2-8(12)23)20(30,31)32/h1-4H,36-37H2. The highest BCUT2D eigenvalue weighted by Gasteiger charge is 2.44. The summed E-state index contributed by atoms with van der Waals surface area (Å²) in [5.41, 5.74) is 1.05. The number of rotatable bonds is 4. The molecule has 212 valence electrons. The van der Waals surface area contributed by atoms with Gasteiger partial charge >= 0.3 is 18.5 Å². The molecule has 0 saturated carbocycles. The molecule has 0 aliphatic carbocycles. The van der Waals surface area contributed by atoms with Crippen LogP contribution in [0.1, 0.15) is 16.7 Å². The highest BCUT2D eigenvalue weighted by atomic mass is 19.4. The molecule has 0 radical (unpaired) electrons. The van der Waals surface area contributed by atoms with Gasteiger partial charge in [-0.1, -0.05) is 0 Å². The largest absolute Gasteiger partial charge is 0.450 e. The number of nitrogen functional groups attached to an aromatic ring is 2. The number of ether oxygens (including phenoxy) is 2. The van der Waals surface area contributed by atoms with E-state index in [0.717, 1.165) is 0 Å². The number of halogens is 14. The summed E-state index contributed by atoms with van der Waals surface area (Å²) >= 11 is 0. The summed E-state index contributed by atoms with van der Waals surface area (Å²) in [6.45, 7) is 0. The minimum Gasteiger partial charge on any atom is -0.450 e. The molecule has 0 atom stereocenters. The Labute approximate surface area is 206 Å². The molecule has 0 unspecified atom stereocenters. The van der Waals surface area contributed by atoms with E-state index in [1.807, 2.05) is 0 Å². The quantitative estimate of drug-likeness (QED) is 0.184. The Bertz CT molecular complexity index is 1450. The van der Waals surface area contributed by atoms with Gasteiger partial charge in [-0.05, 0) is 12.1 Å². The lowest BCUT2D eigenvalue weighted by atomic mass is 10.1. The fourth-order valence-corrected chi connectivity index (χ4v) is 3.06. The minimum atomic E-state index is -6.00. The maximum absolute atomic E-state index is 15.1. The molecular weight excluding hydrogens is 578 g/mol. The van der Waals surface area contributed by atoms with Crippen LogP contribution in [0.25, 0.3) is 0 Å². The monoisotopic (exact) mass is 586 g/mol. The fraction of sp³-hybridized carbons (Fsp3) is 0.143. The van der Waals surface area contributed by atoms with Crippen molar-refractivity contribution in [2.75, 3.05) is 11.5 Å². The van der Waals surface area contributed by atoms with Crippen molar-refractivity contribution in [2.24, 2.45) is 0 Å². The van der Waals surface area contributed by atoms with Gasteiger partial charge < -0.3 is 20.9 Å². The average Bonchev–Trinajstić information content (AvgIpc) is 2.76. The van der Waals surface area contributed by atoms with Gasteiger partial charge in [0.25, 0.3) is 0 Å². The summed E-state index contributed by atoms with van der Waals surface area (Å²) < 4.78 is 199. The summed E-state index contributed by atoms with van der Waals surface area (Å²) in [7, 11) is 0. The van der Waals surface area contributed by atoms with Crippen LogP contribution in [0.3, 0.4) is 0 Å². The predicted molar refractivity (Wildman–Crippen MR) is 103 cm³/mol. The third kappa shape index (κ3) is 5.68. The van der Waals surface area contributed by atoms with Crippen molar-refractivity contribution in [1.29, 1.82) is 0 Å². The van der Waals surface area contributed by atoms with Crippen LogP contribution in [-0.4, -0.2) is 0 Å². The molecule has 0 aromatic heterocycles. The predicted octanol–water partition coefficient (Wildman–Crippen LogP) is 8.19. The molecule has 0 heterocycles. The van der Waals surface area contributed by atoms with Crippen molar-refractivity contribution in [2.45, 2.75) is 18.5 Å². The topological polar surface area (TPSA) is 70.5 Å². The van der Waals surface area contributed by atoms with E-state index in [-0.39, 0.29) is 24.3 Å². The summed E-state index contributed by atoms with van der Waals surface area (Å²) in [5.74, 6) is -20.3. The molecule has 3 aromatic rings. The van der Waals surface area contributed by atoms with Crippen LogP contribution in [0.2, 0.25) is 0 Å². The van der Waals surface area contributed by atoms with E-state index in [2.05, 4.69) is 9.47 Å². The zero-order valence-electron chi connectivity index (χ0n) is 18.1. The summed E-state index contributed by atoms with van der Waals surface area (Å²) in [6.07, 6.45) is -16.5. The van der Waals surface area contributed by atoms with Gasteiger partial charge in [-0.25, -0.2) is 13.2 Å². The van der Waals surface area contributed by atoms with Gasteiger partial charge in [-0.3, -0.25) is 0 Å². The average molecular weight is 586 g/mol. The first-order valence-electron chi connectivity index (χ1n) is 9.60. The molecule has 0 amide bonds. The van der Waals surface area contributed by atoms with Crippen LogP contribution in [0, 0.1) is 29.1 Å². The Morgan fingerprint density at radius 1 is 0.487 bits per heavy atom. The highest BCUT2D eigenvalue weighted by molar-refractivity contribution is 5.57. The van der Waals surface area contributed by atoms with Gasteiger partial charge in [0.15, 0.2) is 34.7 Å². The lowest BCUT2D eigenvalue weighted by molar-refractivity contribution is -0.141. The first-order chi connectivity index (χ1) is 17.6. The first kappa shape index (κ1) is 29.4. The van der Waals surface area contributed by atoms with Crippen molar-refractivity contribution in [3.63, 3.8) is 0 Å². The normalized spacial score (nSPS) is 12.6. The molecule has 39 heavy (non-hydrogen) atoms. The van der Waals surface area contributed by atoms with E-state index >= 15 is 4.39 Å². The Kier molecular flexibility index (Phi) is 7.22. The van der Waals surface area contributed by atoms with Gasteiger partial charge in [-0.2, -0.15) is 48.3 Å². The molecule has 0 fully saturated rings. The van der Waals surface area contributed by atoms with Crippen molar-refractivity contribution in [1.82, 2.24) is 0 Å². The second kappa shape index (κ2) is 9.57. The third-order valence-electron chi connectivity index (χ3n) is 4.76. The SMILES string of the molecule is Nc1cc(Oc2c(F)c(F)c(C(F)(F)F)c(Oc3cc(N)c(C(F)(F)F)cc3F)c2F)c(F)cc1C(F)(F)F. The minimum absolute atomic E-state index is 0.0172. The Morgan fingerprint density at radius 3 is 1.23 bits per heavy atom. The molecular formula is C21H8F14N2O2. The summed E-state index contributed by atoms with van der Waals surface area (Å²) in [4.78, 5) is 0. The molecule has 0 bridgehead atoms. The van der Waals surface area contributed by atoms with Gasteiger partial charge in [0.2, 0.25) is 17.4 Å². The molecule has 3 aromatic carbocycles. The van der Waals surface area contributed by atoms with Gasteiger partial charge in [0.05, 0.1) is 11.1 Å². The maximum atomic E-state index is 15.1. The van der Waals surface area contributed by atoms with Gasteiger partial charge in [0, 0.05) is 23.5 Å². The van der Waals surface area contributed by atoms with E-state index in [1.165, 1.54) is 0 Å². The molecule has 0 aliphatic rings. The lowest BCUT2D eigenvalue weighted by Gasteiger charge is -2.20.